The molecule has 1 unspecified atom stereocenters. The number of aliphatic hydroxyl groups is 2. The molecule has 0 aromatic heterocycles. The van der Waals surface area contributed by atoms with E-state index in [0.29, 0.717) is 0 Å². The van der Waals surface area contributed by atoms with Gasteiger partial charge < -0.3 is 20.4 Å². The van der Waals surface area contributed by atoms with Gasteiger partial charge in [-0.15, -0.1) is 0 Å². The number of carbonyl (C=O) groups excluding carboxylic acids is 1. The van der Waals surface area contributed by atoms with Crippen molar-refractivity contribution >= 4 is 17.9 Å². The van der Waals surface area contributed by atoms with Crippen LogP contribution in [0.4, 0.5) is 0 Å². The third-order valence-corrected chi connectivity index (χ3v) is 2.53. The Bertz CT molecular complexity index is 601. The Morgan fingerprint density at radius 1 is 1.04 bits per heavy atom. The van der Waals surface area contributed by atoms with Crippen molar-refractivity contribution < 1.29 is 45.0 Å². The molecule has 1 rings (SSSR count). The summed E-state index contributed by atoms with van der Waals surface area (Å²) in [6.07, 6.45) is -1.16. The highest BCUT2D eigenvalue weighted by atomic mass is 17.1. The van der Waals surface area contributed by atoms with Crippen LogP contribution < -0.4 is 0 Å². The molecule has 1 atom stereocenters. The number of aliphatic carboxylic acids is 2. The lowest BCUT2D eigenvalue weighted by Gasteiger charge is -2.10. The molecule has 144 valence electrons. The third-order valence-electron chi connectivity index (χ3n) is 2.53. The largest absolute Gasteiger partial charge is 0.478 e. The van der Waals surface area contributed by atoms with Crippen LogP contribution in [0.15, 0.2) is 48.6 Å². The van der Waals surface area contributed by atoms with Crippen molar-refractivity contribution in [3.63, 3.8) is 0 Å². The number of carboxylic acids is 2. The molecule has 9 heteroatoms. The number of carboxylic acid groups (broad SMARTS) is 2. The van der Waals surface area contributed by atoms with E-state index in [1.54, 1.807) is 12.1 Å². The van der Waals surface area contributed by atoms with E-state index in [0.717, 1.165) is 0 Å². The number of hydrogen-bond acceptors (Lipinski definition) is 7. The van der Waals surface area contributed by atoms with E-state index in [2.05, 4.69) is 18.0 Å². The zero-order chi connectivity index (χ0) is 20.9. The Morgan fingerprint density at radius 3 is 1.73 bits per heavy atom. The third kappa shape index (κ3) is 10.7. The summed E-state index contributed by atoms with van der Waals surface area (Å²) in [7, 11) is 0. The smallest absolute Gasteiger partial charge is 0.373 e. The van der Waals surface area contributed by atoms with Gasteiger partial charge >= 0.3 is 17.9 Å². The summed E-state index contributed by atoms with van der Waals surface area (Å²) in [4.78, 5) is 33.7. The molecule has 26 heavy (non-hydrogen) atoms. The van der Waals surface area contributed by atoms with Crippen molar-refractivity contribution in [2.75, 3.05) is 6.61 Å². The second-order valence-electron chi connectivity index (χ2n) is 4.84. The van der Waals surface area contributed by atoms with Gasteiger partial charge in [-0.25, -0.2) is 14.4 Å². The molecule has 0 aliphatic rings. The maximum atomic E-state index is 11.0. The van der Waals surface area contributed by atoms with Gasteiger partial charge in [0.2, 0.25) is 0 Å². The van der Waals surface area contributed by atoms with E-state index in [9.17, 15) is 19.5 Å². The second kappa shape index (κ2) is 13.3. The molecule has 0 amide bonds. The van der Waals surface area contributed by atoms with E-state index in [-0.39, 0.29) is 22.3 Å². The van der Waals surface area contributed by atoms with Gasteiger partial charge in [-0.3, -0.25) is 4.89 Å². The zero-order valence-corrected chi connectivity index (χ0v) is 14.4. The topological polar surface area (TPSA) is 162 Å². The highest BCUT2D eigenvalue weighted by Gasteiger charge is 2.17. The molecule has 5 N–H and O–H groups in total. The highest BCUT2D eigenvalue weighted by Crippen LogP contribution is 2.17. The van der Waals surface area contributed by atoms with Crippen LogP contribution in [0, 0.1) is 0 Å². The van der Waals surface area contributed by atoms with Crippen molar-refractivity contribution in [1.82, 2.24) is 0 Å². The van der Waals surface area contributed by atoms with Gasteiger partial charge in [0.25, 0.3) is 0 Å². The first kappa shape index (κ1) is 25.2. The average Bonchev–Trinajstić information content (AvgIpc) is 2.61. The van der Waals surface area contributed by atoms with Crippen LogP contribution in [0.5, 0.6) is 0 Å². The lowest BCUT2D eigenvalue weighted by Crippen LogP contribution is -2.11. The molecule has 0 saturated heterocycles. The summed E-state index contributed by atoms with van der Waals surface area (Å²) in [5, 5.41) is 42.0. The molecule has 9 nitrogen and oxygen atoms in total. The summed E-state index contributed by atoms with van der Waals surface area (Å²) in [6, 6.07) is 6.00. The van der Waals surface area contributed by atoms with Crippen molar-refractivity contribution in [3.05, 3.63) is 59.7 Å². The molecule has 0 aliphatic carbocycles. The van der Waals surface area contributed by atoms with Crippen LogP contribution in [-0.4, -0.2) is 50.2 Å². The van der Waals surface area contributed by atoms with E-state index >= 15 is 0 Å². The molecular weight excluding hydrogens is 348 g/mol. The van der Waals surface area contributed by atoms with Crippen molar-refractivity contribution in [2.24, 2.45) is 0 Å². The zero-order valence-electron chi connectivity index (χ0n) is 14.4. The molecule has 0 aliphatic heterocycles. The Balaban J connectivity index is 0. The monoisotopic (exact) mass is 370 g/mol. The summed E-state index contributed by atoms with van der Waals surface area (Å²) in [6.45, 7) is 8.70. The van der Waals surface area contributed by atoms with Crippen molar-refractivity contribution in [3.8, 4) is 0 Å². The molecule has 0 radical (unpaired) electrons. The number of hydrogen-bond donors (Lipinski definition) is 5. The minimum absolute atomic E-state index is 0.0246. The second-order valence-corrected chi connectivity index (χ2v) is 4.84. The van der Waals surface area contributed by atoms with E-state index in [1.165, 1.54) is 26.0 Å². The fourth-order valence-corrected chi connectivity index (χ4v) is 1.12. The molecular formula is C17H22O9. The predicted molar refractivity (Wildman–Crippen MR) is 91.4 cm³/mol. The maximum Gasteiger partial charge on any atom is 0.373 e. The van der Waals surface area contributed by atoms with Gasteiger partial charge in [0.1, 0.15) is 6.10 Å². The summed E-state index contributed by atoms with van der Waals surface area (Å²) in [5.41, 5.74) is 0.593. The standard InChI is InChI=1S/C9H10O5.2C4H6O2/c10-5-8(11)6-3-1-2-4-7(6)9(12)14-13;2*1-3(2)4(5)6/h1-4,8,10-11,13H,5H2;2*1H2,2H3,(H,5,6). The van der Waals surface area contributed by atoms with Gasteiger partial charge in [-0.2, -0.15) is 5.26 Å². The Labute approximate surface area is 150 Å². The fourth-order valence-electron chi connectivity index (χ4n) is 1.12. The first-order valence-corrected chi connectivity index (χ1v) is 7.00. The number of rotatable bonds is 5. The molecule has 1 aromatic carbocycles. The Hall–Kier alpha value is -3.01. The van der Waals surface area contributed by atoms with Crippen molar-refractivity contribution in [2.45, 2.75) is 20.0 Å². The molecule has 0 fully saturated rings. The number of aliphatic hydroxyl groups excluding tert-OH is 2. The Kier molecular flexibility index (Phi) is 12.9. The van der Waals surface area contributed by atoms with Crippen LogP contribution in [0.1, 0.15) is 35.9 Å². The summed E-state index contributed by atoms with van der Waals surface area (Å²) < 4.78 is 0. The first-order chi connectivity index (χ1) is 12.0. The molecule has 0 saturated carbocycles. The molecule has 1 aromatic rings. The van der Waals surface area contributed by atoms with Gasteiger partial charge in [0.15, 0.2) is 0 Å². The van der Waals surface area contributed by atoms with E-state index in [1.807, 2.05) is 0 Å². The van der Waals surface area contributed by atoms with E-state index < -0.39 is 30.6 Å². The van der Waals surface area contributed by atoms with Crippen LogP contribution >= 0.6 is 0 Å². The average molecular weight is 370 g/mol. The molecule has 0 heterocycles. The SMILES string of the molecule is C=C(C)C(=O)O.C=C(C)C(=O)O.O=C(OO)c1ccccc1C(O)CO. The number of carbonyl (C=O) groups is 3. The van der Waals surface area contributed by atoms with Gasteiger partial charge in [-0.05, 0) is 25.5 Å². The minimum atomic E-state index is -1.16. The van der Waals surface area contributed by atoms with E-state index in [4.69, 9.17) is 20.6 Å². The predicted octanol–water partition coefficient (Wildman–Crippen LogP) is 1.64. The number of benzene rings is 1. The van der Waals surface area contributed by atoms with Crippen LogP contribution in [0.2, 0.25) is 0 Å². The van der Waals surface area contributed by atoms with Crippen LogP contribution in [0.3, 0.4) is 0 Å². The van der Waals surface area contributed by atoms with Gasteiger partial charge in [-0.1, -0.05) is 31.4 Å². The van der Waals surface area contributed by atoms with Crippen molar-refractivity contribution in [1.29, 1.82) is 0 Å². The summed E-state index contributed by atoms with van der Waals surface area (Å²) >= 11 is 0. The quantitative estimate of drug-likeness (QED) is 0.294. The highest BCUT2D eigenvalue weighted by molar-refractivity contribution is 5.90. The fraction of sp³-hybridized carbons (Fsp3) is 0.235. The molecule has 0 spiro atoms. The van der Waals surface area contributed by atoms with Gasteiger partial charge in [0.05, 0.1) is 12.2 Å². The van der Waals surface area contributed by atoms with Crippen LogP contribution in [-0.2, 0) is 14.5 Å². The van der Waals surface area contributed by atoms with Crippen LogP contribution in [0.25, 0.3) is 0 Å². The van der Waals surface area contributed by atoms with Gasteiger partial charge in [0, 0.05) is 11.1 Å². The lowest BCUT2D eigenvalue weighted by atomic mass is 10.0. The Morgan fingerprint density at radius 2 is 1.42 bits per heavy atom. The maximum absolute atomic E-state index is 11.0. The first-order valence-electron chi connectivity index (χ1n) is 7.00. The summed E-state index contributed by atoms with van der Waals surface area (Å²) in [5.74, 6) is -2.84. The molecule has 0 bridgehead atoms. The normalized spacial score (nSPS) is 10.0. The lowest BCUT2D eigenvalue weighted by molar-refractivity contribution is -0.183. The minimum Gasteiger partial charge on any atom is -0.478 e.